The van der Waals surface area contributed by atoms with Gasteiger partial charge in [-0.15, -0.1) is 0 Å². The predicted molar refractivity (Wildman–Crippen MR) is 123 cm³/mol. The molecule has 0 unspecified atom stereocenters. The molecule has 166 valence electrons. The topological polar surface area (TPSA) is 72.2 Å². The summed E-state index contributed by atoms with van der Waals surface area (Å²) in [6.45, 7) is 0. The van der Waals surface area contributed by atoms with Crippen LogP contribution in [0, 0.1) is 11.6 Å². The average molecular weight is 453 g/mol. The Morgan fingerprint density at radius 1 is 1.00 bits per heavy atom. The van der Waals surface area contributed by atoms with Gasteiger partial charge in [0.25, 0.3) is 5.91 Å². The first-order valence-corrected chi connectivity index (χ1v) is 10.6. The standard InChI is InChI=1S/C26H17F2N5O/c1-29-24(34)19-6-5-18(22(27)23(19)28)16-12-31-25-32-13-21(33(25)14-16)26(8-9-26)17-4-7-20-15(11-17)3-2-10-30-20/h2-14H,1H3,(H,29,34). The third-order valence-electron chi connectivity index (χ3n) is 6.23. The molecule has 1 N–H and O–H groups in total. The van der Waals surface area contributed by atoms with Crippen LogP contribution in [-0.2, 0) is 5.41 Å². The van der Waals surface area contributed by atoms with Crippen LogP contribution in [0.25, 0.3) is 27.8 Å². The van der Waals surface area contributed by atoms with Gasteiger partial charge in [-0.2, -0.15) is 0 Å². The van der Waals surface area contributed by atoms with E-state index in [2.05, 4.69) is 38.5 Å². The summed E-state index contributed by atoms with van der Waals surface area (Å²) in [4.78, 5) is 24.9. The number of pyridine rings is 1. The van der Waals surface area contributed by atoms with Gasteiger partial charge in [0, 0.05) is 42.2 Å². The molecule has 34 heavy (non-hydrogen) atoms. The summed E-state index contributed by atoms with van der Waals surface area (Å²) in [6, 6.07) is 12.6. The molecule has 6 rings (SSSR count). The van der Waals surface area contributed by atoms with E-state index < -0.39 is 23.0 Å². The number of aromatic nitrogens is 4. The number of halogens is 2. The Hall–Kier alpha value is -4.46. The second kappa shape index (κ2) is 7.28. The van der Waals surface area contributed by atoms with Crippen LogP contribution in [0.2, 0.25) is 0 Å². The van der Waals surface area contributed by atoms with Gasteiger partial charge < -0.3 is 5.32 Å². The van der Waals surface area contributed by atoms with E-state index in [1.54, 1.807) is 23.0 Å². The van der Waals surface area contributed by atoms with Crippen LogP contribution in [-0.4, -0.2) is 32.3 Å². The largest absolute Gasteiger partial charge is 0.355 e. The fourth-order valence-electron chi connectivity index (χ4n) is 4.33. The molecule has 6 nitrogen and oxygen atoms in total. The maximum Gasteiger partial charge on any atom is 0.254 e. The molecule has 0 saturated carbocycles. The van der Waals surface area contributed by atoms with Crippen molar-refractivity contribution in [2.75, 3.05) is 7.05 Å². The number of nitrogens with zero attached hydrogens (tertiary/aromatic N) is 4. The van der Waals surface area contributed by atoms with Crippen molar-refractivity contribution in [3.63, 3.8) is 0 Å². The van der Waals surface area contributed by atoms with Crippen molar-refractivity contribution in [2.24, 2.45) is 0 Å². The zero-order chi connectivity index (χ0) is 23.4. The maximum atomic E-state index is 14.9. The normalized spacial score (nSPS) is 14.0. The predicted octanol–water partition coefficient (Wildman–Crippen LogP) is 4.44. The number of nitrogens with one attached hydrogen (secondary N) is 1. The Bertz CT molecular complexity index is 1650. The summed E-state index contributed by atoms with van der Waals surface area (Å²) in [5, 5.41) is 3.33. The third-order valence-corrected chi connectivity index (χ3v) is 6.23. The molecule has 0 spiro atoms. The number of hydrogen-bond donors (Lipinski definition) is 1. The number of imidazole rings is 1. The van der Waals surface area contributed by atoms with Crippen molar-refractivity contribution in [3.8, 4) is 11.1 Å². The van der Waals surface area contributed by atoms with Crippen LogP contribution < -0.4 is 5.32 Å². The van der Waals surface area contributed by atoms with Gasteiger partial charge in [-0.3, -0.25) is 14.2 Å². The SMILES string of the molecule is CNC(=O)c1ccc(-c2cnc3ncc(C4(c5ccc6ncccc6c5)C=C4)n3c2)c(F)c1F. The van der Waals surface area contributed by atoms with E-state index in [0.29, 0.717) is 11.3 Å². The molecule has 0 saturated heterocycles. The number of rotatable bonds is 4. The van der Waals surface area contributed by atoms with Crippen molar-refractivity contribution in [1.29, 1.82) is 0 Å². The van der Waals surface area contributed by atoms with E-state index in [1.807, 2.05) is 24.3 Å². The van der Waals surface area contributed by atoms with Gasteiger partial charge in [0.05, 0.1) is 28.4 Å². The average Bonchev–Trinajstić information content (AvgIpc) is 3.57. The number of carbonyl (C=O) groups excluding carboxylic acids is 1. The number of amides is 1. The zero-order valence-corrected chi connectivity index (χ0v) is 18.0. The van der Waals surface area contributed by atoms with Crippen LogP contribution in [0.3, 0.4) is 0 Å². The van der Waals surface area contributed by atoms with Crippen LogP contribution in [0.5, 0.6) is 0 Å². The lowest BCUT2D eigenvalue weighted by Crippen LogP contribution is -2.20. The Morgan fingerprint density at radius 3 is 2.62 bits per heavy atom. The number of hydrogen-bond acceptors (Lipinski definition) is 4. The Balaban J connectivity index is 1.46. The number of fused-ring (bicyclic) bond motifs is 2. The minimum atomic E-state index is -1.20. The molecule has 1 amide bonds. The summed E-state index contributed by atoms with van der Waals surface area (Å²) < 4.78 is 31.3. The molecule has 0 aliphatic heterocycles. The summed E-state index contributed by atoms with van der Waals surface area (Å²) in [5.74, 6) is -2.56. The first kappa shape index (κ1) is 20.2. The van der Waals surface area contributed by atoms with E-state index in [9.17, 15) is 13.6 Å². The highest BCUT2D eigenvalue weighted by atomic mass is 19.2. The van der Waals surface area contributed by atoms with Crippen molar-refractivity contribution >= 4 is 22.6 Å². The molecular weight excluding hydrogens is 436 g/mol. The summed E-state index contributed by atoms with van der Waals surface area (Å²) in [5.41, 5.74) is 2.33. The first-order chi connectivity index (χ1) is 16.5. The molecule has 3 heterocycles. The maximum absolute atomic E-state index is 14.9. The highest BCUT2D eigenvalue weighted by Crippen LogP contribution is 2.45. The van der Waals surface area contributed by atoms with Crippen molar-refractivity contribution in [1.82, 2.24) is 24.7 Å². The van der Waals surface area contributed by atoms with Gasteiger partial charge >= 0.3 is 0 Å². The molecule has 1 aliphatic carbocycles. The van der Waals surface area contributed by atoms with E-state index in [1.165, 1.54) is 25.4 Å². The summed E-state index contributed by atoms with van der Waals surface area (Å²) in [6.07, 6.45) is 10.8. The molecule has 0 atom stereocenters. The molecule has 1 aliphatic rings. The molecule has 2 aromatic carbocycles. The Labute approximate surface area is 192 Å². The monoisotopic (exact) mass is 453 g/mol. The molecule has 0 bridgehead atoms. The molecule has 8 heteroatoms. The lowest BCUT2D eigenvalue weighted by atomic mass is 9.89. The van der Waals surface area contributed by atoms with E-state index >= 15 is 0 Å². The molecule has 0 fully saturated rings. The van der Waals surface area contributed by atoms with Crippen molar-refractivity contribution in [2.45, 2.75) is 5.41 Å². The highest BCUT2D eigenvalue weighted by Gasteiger charge is 2.41. The Kier molecular flexibility index (Phi) is 4.32. The van der Waals surface area contributed by atoms with Crippen LogP contribution in [0.1, 0.15) is 21.6 Å². The van der Waals surface area contributed by atoms with Crippen LogP contribution in [0.15, 0.2) is 79.4 Å². The fourth-order valence-corrected chi connectivity index (χ4v) is 4.33. The number of allylic oxidation sites excluding steroid dienone is 2. The summed E-state index contributed by atoms with van der Waals surface area (Å²) in [7, 11) is 1.36. The van der Waals surface area contributed by atoms with Gasteiger partial charge in [0.2, 0.25) is 5.78 Å². The van der Waals surface area contributed by atoms with Crippen LogP contribution in [0.4, 0.5) is 8.78 Å². The van der Waals surface area contributed by atoms with Crippen molar-refractivity contribution < 1.29 is 13.6 Å². The van der Waals surface area contributed by atoms with E-state index in [4.69, 9.17) is 0 Å². The van der Waals surface area contributed by atoms with Gasteiger partial charge in [0.15, 0.2) is 11.6 Å². The van der Waals surface area contributed by atoms with E-state index in [0.717, 1.165) is 22.2 Å². The van der Waals surface area contributed by atoms with Gasteiger partial charge in [-0.25, -0.2) is 18.7 Å². The van der Waals surface area contributed by atoms with E-state index in [-0.39, 0.29) is 11.1 Å². The quantitative estimate of drug-likeness (QED) is 0.409. The van der Waals surface area contributed by atoms with Gasteiger partial charge in [-0.05, 0) is 29.8 Å². The highest BCUT2D eigenvalue weighted by molar-refractivity contribution is 5.94. The molecule has 5 aromatic rings. The second-order valence-electron chi connectivity index (χ2n) is 8.14. The smallest absolute Gasteiger partial charge is 0.254 e. The lowest BCUT2D eigenvalue weighted by molar-refractivity contribution is 0.0958. The number of carbonyl (C=O) groups is 1. The lowest BCUT2D eigenvalue weighted by Gasteiger charge is -2.17. The number of benzene rings is 2. The van der Waals surface area contributed by atoms with Crippen molar-refractivity contribution in [3.05, 3.63) is 108 Å². The zero-order valence-electron chi connectivity index (χ0n) is 18.0. The minimum absolute atomic E-state index is 0.00814. The summed E-state index contributed by atoms with van der Waals surface area (Å²) >= 11 is 0. The Morgan fingerprint density at radius 2 is 1.82 bits per heavy atom. The molecule has 3 aromatic heterocycles. The minimum Gasteiger partial charge on any atom is -0.355 e. The fraction of sp³-hybridized carbons (Fsp3) is 0.0769. The second-order valence-corrected chi connectivity index (χ2v) is 8.14. The van der Waals surface area contributed by atoms with Gasteiger partial charge in [-0.1, -0.05) is 30.4 Å². The van der Waals surface area contributed by atoms with Gasteiger partial charge in [0.1, 0.15) is 0 Å². The van der Waals surface area contributed by atoms with Crippen LogP contribution >= 0.6 is 0 Å². The first-order valence-electron chi connectivity index (χ1n) is 10.6. The molecule has 0 radical (unpaired) electrons. The third kappa shape index (κ3) is 2.92. The molecular formula is C26H17F2N5O.